The van der Waals surface area contributed by atoms with E-state index in [-0.39, 0.29) is 20.7 Å². The van der Waals surface area contributed by atoms with Crippen LogP contribution in [-0.4, -0.2) is 10.9 Å². The van der Waals surface area contributed by atoms with Crippen molar-refractivity contribution in [3.05, 3.63) is 39.4 Å². The molecule has 0 aliphatic rings. The van der Waals surface area contributed by atoms with E-state index in [1.807, 2.05) is 0 Å². The van der Waals surface area contributed by atoms with Crippen LogP contribution in [0.15, 0.2) is 12.1 Å². The van der Waals surface area contributed by atoms with Crippen molar-refractivity contribution in [3.63, 3.8) is 0 Å². The van der Waals surface area contributed by atoms with Crippen LogP contribution in [0.5, 0.6) is 0 Å². The summed E-state index contributed by atoms with van der Waals surface area (Å²) < 4.78 is 26.4. The highest BCUT2D eigenvalue weighted by molar-refractivity contribution is 7.17. The minimum absolute atomic E-state index is 0.221. The van der Waals surface area contributed by atoms with Gasteiger partial charge < -0.3 is 11.1 Å². The molecule has 0 radical (unpaired) electrons. The lowest BCUT2D eigenvalue weighted by Crippen LogP contribution is -2.13. The predicted octanol–water partition coefficient (Wildman–Crippen LogP) is 3.22. The third kappa shape index (κ3) is 2.82. The molecule has 0 saturated heterocycles. The lowest BCUT2D eigenvalue weighted by atomic mass is 10.2. The third-order valence-corrected chi connectivity index (χ3v) is 3.55. The first kappa shape index (κ1) is 13.7. The Morgan fingerprint density at radius 1 is 1.47 bits per heavy atom. The zero-order chi connectivity index (χ0) is 14.2. The number of hydrogen-bond donors (Lipinski definition) is 2. The van der Waals surface area contributed by atoms with Gasteiger partial charge in [-0.1, -0.05) is 22.9 Å². The highest BCUT2D eigenvalue weighted by Gasteiger charge is 2.18. The summed E-state index contributed by atoms with van der Waals surface area (Å²) in [6, 6.07) is 1.55. The van der Waals surface area contributed by atoms with E-state index in [0.29, 0.717) is 11.8 Å². The van der Waals surface area contributed by atoms with Crippen LogP contribution >= 0.6 is 22.9 Å². The lowest BCUT2D eigenvalue weighted by Gasteiger charge is -2.07. The van der Waals surface area contributed by atoms with Gasteiger partial charge in [-0.25, -0.2) is 13.8 Å². The van der Waals surface area contributed by atoms with E-state index in [4.69, 9.17) is 17.3 Å². The number of nitrogens with two attached hydrogens (primary N) is 1. The molecule has 0 saturated carbocycles. The van der Waals surface area contributed by atoms with Crippen molar-refractivity contribution in [2.45, 2.75) is 6.92 Å². The maximum atomic E-state index is 13.5. The molecule has 3 N–H and O–H groups in total. The van der Waals surface area contributed by atoms with Crippen molar-refractivity contribution in [1.29, 1.82) is 0 Å². The number of hydrogen-bond acceptors (Lipinski definition) is 4. The van der Waals surface area contributed by atoms with Crippen molar-refractivity contribution in [2.75, 3.05) is 11.1 Å². The number of benzene rings is 1. The maximum Gasteiger partial charge on any atom is 0.267 e. The Morgan fingerprint density at radius 2 is 2.16 bits per heavy atom. The van der Waals surface area contributed by atoms with Gasteiger partial charge in [0.1, 0.15) is 10.7 Å². The van der Waals surface area contributed by atoms with Gasteiger partial charge in [-0.05, 0) is 13.0 Å². The average Bonchev–Trinajstić information content (AvgIpc) is 2.62. The van der Waals surface area contributed by atoms with Crippen LogP contribution in [0.25, 0.3) is 0 Å². The molecule has 1 heterocycles. The zero-order valence-electron chi connectivity index (χ0n) is 9.63. The summed E-state index contributed by atoms with van der Waals surface area (Å²) in [4.78, 5) is 16.1. The van der Waals surface area contributed by atoms with Crippen molar-refractivity contribution in [3.8, 4) is 0 Å². The van der Waals surface area contributed by atoms with E-state index < -0.39 is 17.5 Å². The van der Waals surface area contributed by atoms with Crippen molar-refractivity contribution in [1.82, 2.24) is 4.98 Å². The summed E-state index contributed by atoms with van der Waals surface area (Å²) in [5.41, 5.74) is 5.62. The number of rotatable bonds is 2. The topological polar surface area (TPSA) is 68.0 Å². The summed E-state index contributed by atoms with van der Waals surface area (Å²) in [5.74, 6) is -2.37. The van der Waals surface area contributed by atoms with Crippen LogP contribution in [0.4, 0.5) is 19.6 Å². The van der Waals surface area contributed by atoms with Gasteiger partial charge >= 0.3 is 0 Å². The SMILES string of the molecule is Cc1nc(N)sc1C(=O)Nc1c(F)cc(F)cc1Cl. The van der Waals surface area contributed by atoms with E-state index in [2.05, 4.69) is 10.3 Å². The molecule has 0 unspecified atom stereocenters. The Kier molecular flexibility index (Phi) is 3.68. The van der Waals surface area contributed by atoms with E-state index in [1.54, 1.807) is 6.92 Å². The number of anilines is 2. The summed E-state index contributed by atoms with van der Waals surface area (Å²) in [6.45, 7) is 1.60. The minimum Gasteiger partial charge on any atom is -0.375 e. The predicted molar refractivity (Wildman–Crippen MR) is 70.6 cm³/mol. The molecule has 1 aromatic heterocycles. The molecular weight excluding hydrogens is 296 g/mol. The Morgan fingerprint density at radius 3 is 2.68 bits per heavy atom. The fourth-order valence-electron chi connectivity index (χ4n) is 1.46. The number of amides is 1. The number of thiazole rings is 1. The highest BCUT2D eigenvalue weighted by Crippen LogP contribution is 2.28. The zero-order valence-corrected chi connectivity index (χ0v) is 11.2. The number of nitrogens with one attached hydrogen (secondary N) is 1. The summed E-state index contributed by atoms with van der Waals surface area (Å²) in [6.07, 6.45) is 0. The van der Waals surface area contributed by atoms with E-state index >= 15 is 0 Å². The molecule has 8 heteroatoms. The van der Waals surface area contributed by atoms with Gasteiger partial charge in [0, 0.05) is 6.07 Å². The molecular formula is C11H8ClF2N3OS. The molecule has 100 valence electrons. The van der Waals surface area contributed by atoms with Gasteiger partial charge in [0.05, 0.1) is 16.4 Å². The molecule has 0 spiro atoms. The van der Waals surface area contributed by atoms with Gasteiger partial charge in [0.2, 0.25) is 0 Å². The van der Waals surface area contributed by atoms with Gasteiger partial charge in [-0.2, -0.15) is 0 Å². The Hall–Kier alpha value is -1.73. The molecule has 4 nitrogen and oxygen atoms in total. The number of nitrogens with zero attached hydrogens (tertiary/aromatic N) is 1. The Labute approximate surface area is 116 Å². The van der Waals surface area contributed by atoms with Crippen LogP contribution in [-0.2, 0) is 0 Å². The molecule has 1 aromatic carbocycles. The first-order chi connectivity index (χ1) is 8.88. The van der Waals surface area contributed by atoms with Crippen molar-refractivity contribution < 1.29 is 13.6 Å². The summed E-state index contributed by atoms with van der Waals surface area (Å²) in [7, 11) is 0. The van der Waals surface area contributed by atoms with Gasteiger partial charge in [0.25, 0.3) is 5.91 Å². The average molecular weight is 304 g/mol. The molecule has 0 bridgehead atoms. The van der Waals surface area contributed by atoms with Crippen LogP contribution in [0.1, 0.15) is 15.4 Å². The van der Waals surface area contributed by atoms with Crippen molar-refractivity contribution in [2.24, 2.45) is 0 Å². The number of halogens is 3. The fraction of sp³-hybridized carbons (Fsp3) is 0.0909. The van der Waals surface area contributed by atoms with Gasteiger partial charge in [-0.15, -0.1) is 0 Å². The number of nitrogen functional groups attached to an aromatic ring is 1. The summed E-state index contributed by atoms with van der Waals surface area (Å²) >= 11 is 6.65. The second kappa shape index (κ2) is 5.10. The summed E-state index contributed by atoms with van der Waals surface area (Å²) in [5, 5.41) is 2.29. The van der Waals surface area contributed by atoms with Crippen LogP contribution in [0.3, 0.4) is 0 Å². The highest BCUT2D eigenvalue weighted by atomic mass is 35.5. The Bertz CT molecular complexity index is 636. The van der Waals surface area contributed by atoms with E-state index in [1.165, 1.54) is 0 Å². The lowest BCUT2D eigenvalue weighted by molar-refractivity contribution is 0.102. The number of aromatic nitrogens is 1. The monoisotopic (exact) mass is 303 g/mol. The smallest absolute Gasteiger partial charge is 0.267 e. The minimum atomic E-state index is -0.950. The fourth-order valence-corrected chi connectivity index (χ4v) is 2.43. The molecule has 0 fully saturated rings. The second-order valence-corrected chi connectivity index (χ2v) is 5.10. The van der Waals surface area contributed by atoms with Crippen LogP contribution in [0, 0.1) is 18.6 Å². The largest absolute Gasteiger partial charge is 0.375 e. The normalized spacial score (nSPS) is 10.5. The Balaban J connectivity index is 2.32. The molecule has 0 aliphatic carbocycles. The standard InChI is InChI=1S/C11H8ClF2N3OS/c1-4-9(19-11(15)16-4)10(18)17-8-6(12)2-5(13)3-7(8)14/h2-3H,1H3,(H2,15,16)(H,17,18). The maximum absolute atomic E-state index is 13.5. The molecule has 2 aromatic rings. The van der Waals surface area contributed by atoms with E-state index in [0.717, 1.165) is 17.4 Å². The molecule has 0 aliphatic heterocycles. The van der Waals surface area contributed by atoms with Gasteiger partial charge in [0.15, 0.2) is 10.9 Å². The molecule has 19 heavy (non-hydrogen) atoms. The molecule has 0 atom stereocenters. The quantitative estimate of drug-likeness (QED) is 0.895. The second-order valence-electron chi connectivity index (χ2n) is 3.67. The number of carbonyl (C=O) groups excluding carboxylic acids is 1. The number of carbonyl (C=O) groups is 1. The third-order valence-electron chi connectivity index (χ3n) is 2.26. The first-order valence-corrected chi connectivity index (χ1v) is 6.26. The van der Waals surface area contributed by atoms with Crippen LogP contribution in [0.2, 0.25) is 5.02 Å². The van der Waals surface area contributed by atoms with E-state index in [9.17, 15) is 13.6 Å². The molecule has 1 amide bonds. The van der Waals surface area contributed by atoms with Crippen LogP contribution < -0.4 is 11.1 Å². The number of aryl methyl sites for hydroxylation is 1. The van der Waals surface area contributed by atoms with Crippen molar-refractivity contribution >= 4 is 39.7 Å². The first-order valence-electron chi connectivity index (χ1n) is 5.07. The molecule has 2 rings (SSSR count). The van der Waals surface area contributed by atoms with Gasteiger partial charge in [-0.3, -0.25) is 4.79 Å².